The first-order valence-electron chi connectivity index (χ1n) is 6.19. The first-order valence-corrected chi connectivity index (χ1v) is 6.57. The molecule has 2 aromatic carbocycles. The van der Waals surface area contributed by atoms with Crippen molar-refractivity contribution in [3.63, 3.8) is 0 Å². The molecule has 0 fully saturated rings. The minimum absolute atomic E-state index is 0.0574. The van der Waals surface area contributed by atoms with Gasteiger partial charge in [-0.25, -0.2) is 0 Å². The van der Waals surface area contributed by atoms with Crippen LogP contribution in [-0.2, 0) is 0 Å². The molecule has 2 aromatic rings. The summed E-state index contributed by atoms with van der Waals surface area (Å²) < 4.78 is 5.07. The summed E-state index contributed by atoms with van der Waals surface area (Å²) in [5.74, 6) is 0.276. The Morgan fingerprint density at radius 2 is 2.00 bits per heavy atom. The van der Waals surface area contributed by atoms with Gasteiger partial charge in [0.25, 0.3) is 0 Å². The van der Waals surface area contributed by atoms with E-state index in [0.717, 1.165) is 16.8 Å². The summed E-state index contributed by atoms with van der Waals surface area (Å²) in [5.41, 5.74) is 4.01. The third-order valence-electron chi connectivity index (χ3n) is 3.20. The van der Waals surface area contributed by atoms with Crippen LogP contribution in [0.5, 0.6) is 11.5 Å². The smallest absolute Gasteiger partial charge is 0.176 e. The number of halogens is 1. The van der Waals surface area contributed by atoms with Crippen LogP contribution in [0.3, 0.4) is 0 Å². The van der Waals surface area contributed by atoms with E-state index >= 15 is 0 Å². The third kappa shape index (κ3) is 2.94. The second-order valence-electron chi connectivity index (χ2n) is 4.53. The molecule has 0 aliphatic carbocycles. The molecule has 1 N–H and O–H groups in total. The van der Waals surface area contributed by atoms with Crippen molar-refractivity contribution in [1.82, 2.24) is 0 Å². The van der Waals surface area contributed by atoms with E-state index in [4.69, 9.17) is 16.3 Å². The van der Waals surface area contributed by atoms with Crippen molar-refractivity contribution >= 4 is 23.5 Å². The molecule has 0 aliphatic heterocycles. The molecular formula is C16H16ClNO2. The number of hydrogen-bond acceptors (Lipinski definition) is 3. The summed E-state index contributed by atoms with van der Waals surface area (Å²) in [6.45, 7) is 4.08. The van der Waals surface area contributed by atoms with Gasteiger partial charge in [0.2, 0.25) is 0 Å². The highest BCUT2D eigenvalue weighted by molar-refractivity contribution is 6.32. The van der Waals surface area contributed by atoms with E-state index in [9.17, 15) is 5.11 Å². The zero-order valence-corrected chi connectivity index (χ0v) is 12.4. The standard InChI is InChI=1S/C16H16ClNO2/c1-10-5-4-6-14(11(10)2)18-9-12-7-13(17)16(19)15(8-12)20-3/h4-9,19H,1-3H3. The number of phenols is 1. The monoisotopic (exact) mass is 289 g/mol. The summed E-state index contributed by atoms with van der Waals surface area (Å²) in [6.07, 6.45) is 1.70. The topological polar surface area (TPSA) is 41.8 Å². The van der Waals surface area contributed by atoms with E-state index in [1.165, 1.54) is 12.7 Å². The van der Waals surface area contributed by atoms with Gasteiger partial charge in [-0.1, -0.05) is 23.7 Å². The van der Waals surface area contributed by atoms with Crippen molar-refractivity contribution in [1.29, 1.82) is 0 Å². The predicted molar refractivity (Wildman–Crippen MR) is 82.8 cm³/mol. The van der Waals surface area contributed by atoms with Crippen LogP contribution in [0.15, 0.2) is 35.3 Å². The molecule has 0 atom stereocenters. The molecule has 0 saturated carbocycles. The number of rotatable bonds is 3. The van der Waals surface area contributed by atoms with Crippen LogP contribution in [0.2, 0.25) is 5.02 Å². The number of aliphatic imine (C=N–C) groups is 1. The lowest BCUT2D eigenvalue weighted by atomic mass is 10.1. The van der Waals surface area contributed by atoms with Crippen molar-refractivity contribution in [3.8, 4) is 11.5 Å². The average molecular weight is 290 g/mol. The van der Waals surface area contributed by atoms with Crippen LogP contribution in [0, 0.1) is 13.8 Å². The van der Waals surface area contributed by atoms with Gasteiger partial charge in [-0.15, -0.1) is 0 Å². The minimum Gasteiger partial charge on any atom is -0.503 e. The maximum atomic E-state index is 9.69. The zero-order chi connectivity index (χ0) is 14.7. The second kappa shape index (κ2) is 5.97. The van der Waals surface area contributed by atoms with E-state index < -0.39 is 0 Å². The Hall–Kier alpha value is -2.00. The SMILES string of the molecule is COc1cc(C=Nc2cccc(C)c2C)cc(Cl)c1O. The number of phenolic OH excluding ortho intramolecular Hbond substituents is 1. The number of nitrogens with zero attached hydrogens (tertiary/aromatic N) is 1. The van der Waals surface area contributed by atoms with E-state index in [1.807, 2.05) is 19.1 Å². The minimum atomic E-state index is -0.0574. The number of ether oxygens (including phenoxy) is 1. The van der Waals surface area contributed by atoms with Gasteiger partial charge in [-0.05, 0) is 48.7 Å². The van der Waals surface area contributed by atoms with E-state index in [-0.39, 0.29) is 10.8 Å². The van der Waals surface area contributed by atoms with Crippen molar-refractivity contribution in [2.45, 2.75) is 13.8 Å². The summed E-state index contributed by atoms with van der Waals surface area (Å²) in [7, 11) is 1.48. The molecule has 0 heterocycles. The van der Waals surface area contributed by atoms with Gasteiger partial charge in [0.15, 0.2) is 11.5 Å². The van der Waals surface area contributed by atoms with Crippen LogP contribution in [-0.4, -0.2) is 18.4 Å². The Bertz CT molecular complexity index is 666. The van der Waals surface area contributed by atoms with Crippen molar-refractivity contribution < 1.29 is 9.84 Å². The third-order valence-corrected chi connectivity index (χ3v) is 3.49. The predicted octanol–water partition coefficient (Wildman–Crippen LogP) is 4.42. The van der Waals surface area contributed by atoms with E-state index in [2.05, 4.69) is 18.0 Å². The maximum Gasteiger partial charge on any atom is 0.176 e. The number of aromatic hydroxyl groups is 1. The molecule has 0 radical (unpaired) electrons. The fourth-order valence-corrected chi connectivity index (χ4v) is 2.06. The van der Waals surface area contributed by atoms with Crippen molar-refractivity contribution in [3.05, 3.63) is 52.0 Å². The average Bonchev–Trinajstić information content (AvgIpc) is 2.44. The Morgan fingerprint density at radius 1 is 1.25 bits per heavy atom. The molecule has 4 heteroatoms. The summed E-state index contributed by atoms with van der Waals surface area (Å²) in [5, 5.41) is 9.93. The van der Waals surface area contributed by atoms with Gasteiger partial charge in [0.1, 0.15) is 0 Å². The lowest BCUT2D eigenvalue weighted by Crippen LogP contribution is -1.89. The summed E-state index contributed by atoms with van der Waals surface area (Å²) in [6, 6.07) is 9.32. The Labute approximate surface area is 123 Å². The van der Waals surface area contributed by atoms with Gasteiger partial charge >= 0.3 is 0 Å². The molecule has 0 unspecified atom stereocenters. The quantitative estimate of drug-likeness (QED) is 0.850. The molecule has 20 heavy (non-hydrogen) atoms. The Balaban J connectivity index is 2.37. The molecule has 0 aliphatic rings. The highest BCUT2D eigenvalue weighted by Gasteiger charge is 2.08. The summed E-state index contributed by atoms with van der Waals surface area (Å²) >= 11 is 5.94. The molecular weight excluding hydrogens is 274 g/mol. The molecule has 3 nitrogen and oxygen atoms in total. The van der Waals surface area contributed by atoms with Gasteiger partial charge in [-0.2, -0.15) is 0 Å². The molecule has 0 bridgehead atoms. The molecule has 0 saturated heterocycles. The Morgan fingerprint density at radius 3 is 2.70 bits per heavy atom. The number of methoxy groups -OCH3 is 1. The van der Waals surface area contributed by atoms with Gasteiger partial charge in [0, 0.05) is 6.21 Å². The largest absolute Gasteiger partial charge is 0.503 e. The first kappa shape index (κ1) is 14.4. The molecule has 0 amide bonds. The van der Waals surface area contributed by atoms with Crippen molar-refractivity contribution in [2.75, 3.05) is 7.11 Å². The highest BCUT2D eigenvalue weighted by atomic mass is 35.5. The fraction of sp³-hybridized carbons (Fsp3) is 0.188. The number of aryl methyl sites for hydroxylation is 1. The lowest BCUT2D eigenvalue weighted by molar-refractivity contribution is 0.373. The van der Waals surface area contributed by atoms with Crippen LogP contribution >= 0.6 is 11.6 Å². The van der Waals surface area contributed by atoms with Crippen LogP contribution < -0.4 is 4.74 Å². The summed E-state index contributed by atoms with van der Waals surface area (Å²) in [4.78, 5) is 4.46. The molecule has 104 valence electrons. The first-order chi connectivity index (χ1) is 9.52. The molecule has 0 aromatic heterocycles. The molecule has 2 rings (SSSR count). The van der Waals surface area contributed by atoms with Gasteiger partial charge in [0.05, 0.1) is 17.8 Å². The zero-order valence-electron chi connectivity index (χ0n) is 11.6. The van der Waals surface area contributed by atoms with E-state index in [0.29, 0.717) is 5.75 Å². The maximum absolute atomic E-state index is 9.69. The van der Waals surface area contributed by atoms with Crippen LogP contribution in [0.25, 0.3) is 0 Å². The second-order valence-corrected chi connectivity index (χ2v) is 4.94. The van der Waals surface area contributed by atoms with Gasteiger partial charge in [-0.3, -0.25) is 4.99 Å². The molecule has 0 spiro atoms. The van der Waals surface area contributed by atoms with Crippen LogP contribution in [0.4, 0.5) is 5.69 Å². The Kier molecular flexibility index (Phi) is 4.30. The number of hydrogen-bond donors (Lipinski definition) is 1. The lowest BCUT2D eigenvalue weighted by Gasteiger charge is -2.06. The normalized spacial score (nSPS) is 11.0. The van der Waals surface area contributed by atoms with Crippen LogP contribution in [0.1, 0.15) is 16.7 Å². The van der Waals surface area contributed by atoms with Gasteiger partial charge < -0.3 is 9.84 Å². The van der Waals surface area contributed by atoms with Crippen molar-refractivity contribution in [2.24, 2.45) is 4.99 Å². The van der Waals surface area contributed by atoms with E-state index in [1.54, 1.807) is 18.3 Å². The number of benzene rings is 2. The fourth-order valence-electron chi connectivity index (χ4n) is 1.84. The highest BCUT2D eigenvalue weighted by Crippen LogP contribution is 2.34.